The minimum atomic E-state index is 0.209. The van der Waals surface area contributed by atoms with Crippen LogP contribution in [0.3, 0.4) is 0 Å². The van der Waals surface area contributed by atoms with E-state index in [1.807, 2.05) is 19.2 Å². The Morgan fingerprint density at radius 3 is 2.21 bits per heavy atom. The van der Waals surface area contributed by atoms with Crippen LogP contribution in [0.2, 0.25) is 0 Å². The SMILES string of the molecule is CCCC(C)N(C)CC(=O)c1ccc(C(C)C)cc1. The lowest BCUT2D eigenvalue weighted by atomic mass is 10.0. The summed E-state index contributed by atoms with van der Waals surface area (Å²) in [6, 6.07) is 8.50. The van der Waals surface area contributed by atoms with Gasteiger partial charge >= 0.3 is 0 Å². The highest BCUT2D eigenvalue weighted by Crippen LogP contribution is 2.15. The molecule has 0 aliphatic carbocycles. The Balaban J connectivity index is 2.62. The van der Waals surface area contributed by atoms with Crippen LogP contribution in [0.25, 0.3) is 0 Å². The largest absolute Gasteiger partial charge is 0.296 e. The van der Waals surface area contributed by atoms with E-state index in [1.54, 1.807) is 0 Å². The molecule has 0 amide bonds. The topological polar surface area (TPSA) is 20.3 Å². The number of hydrogen-bond acceptors (Lipinski definition) is 2. The molecule has 1 atom stereocenters. The maximum Gasteiger partial charge on any atom is 0.176 e. The Morgan fingerprint density at radius 1 is 1.16 bits per heavy atom. The first-order valence-corrected chi connectivity index (χ1v) is 7.29. The third kappa shape index (κ3) is 4.79. The summed E-state index contributed by atoms with van der Waals surface area (Å²) in [5.74, 6) is 0.720. The molecular formula is C17H27NO. The Hall–Kier alpha value is -1.15. The molecule has 1 aromatic carbocycles. The van der Waals surface area contributed by atoms with Crippen molar-refractivity contribution in [3.8, 4) is 0 Å². The molecular weight excluding hydrogens is 234 g/mol. The first kappa shape index (κ1) is 15.9. The van der Waals surface area contributed by atoms with Crippen LogP contribution in [0.1, 0.15) is 62.4 Å². The fourth-order valence-corrected chi connectivity index (χ4v) is 2.17. The number of ketones is 1. The van der Waals surface area contributed by atoms with Crippen molar-refractivity contribution in [1.82, 2.24) is 4.90 Å². The van der Waals surface area contributed by atoms with Crippen LogP contribution < -0.4 is 0 Å². The lowest BCUT2D eigenvalue weighted by molar-refractivity contribution is 0.0921. The molecule has 0 aliphatic rings. The second-order valence-corrected chi connectivity index (χ2v) is 5.75. The predicted molar refractivity (Wildman–Crippen MR) is 81.9 cm³/mol. The fraction of sp³-hybridized carbons (Fsp3) is 0.588. The molecule has 19 heavy (non-hydrogen) atoms. The van der Waals surface area contributed by atoms with Gasteiger partial charge in [-0.15, -0.1) is 0 Å². The number of likely N-dealkylation sites (N-methyl/N-ethyl adjacent to an activating group) is 1. The average molecular weight is 261 g/mol. The average Bonchev–Trinajstić information content (AvgIpc) is 2.38. The maximum atomic E-state index is 12.2. The smallest absolute Gasteiger partial charge is 0.176 e. The number of benzene rings is 1. The molecule has 0 bridgehead atoms. The highest BCUT2D eigenvalue weighted by Gasteiger charge is 2.14. The molecule has 106 valence electrons. The van der Waals surface area contributed by atoms with Crippen molar-refractivity contribution in [2.75, 3.05) is 13.6 Å². The van der Waals surface area contributed by atoms with E-state index in [9.17, 15) is 4.79 Å². The van der Waals surface area contributed by atoms with Crippen molar-refractivity contribution in [2.45, 2.75) is 52.5 Å². The summed E-state index contributed by atoms with van der Waals surface area (Å²) in [6.45, 7) is 9.19. The summed E-state index contributed by atoms with van der Waals surface area (Å²) < 4.78 is 0. The number of carbonyl (C=O) groups excluding carboxylic acids is 1. The van der Waals surface area contributed by atoms with E-state index in [4.69, 9.17) is 0 Å². The quantitative estimate of drug-likeness (QED) is 0.688. The van der Waals surface area contributed by atoms with E-state index in [0.717, 1.165) is 18.4 Å². The van der Waals surface area contributed by atoms with Gasteiger partial charge in [0.05, 0.1) is 6.54 Å². The van der Waals surface area contributed by atoms with Crippen molar-refractivity contribution >= 4 is 5.78 Å². The van der Waals surface area contributed by atoms with E-state index >= 15 is 0 Å². The highest BCUT2D eigenvalue weighted by molar-refractivity contribution is 5.97. The van der Waals surface area contributed by atoms with Gasteiger partial charge in [-0.25, -0.2) is 0 Å². The summed E-state index contributed by atoms with van der Waals surface area (Å²) >= 11 is 0. The molecule has 0 aromatic heterocycles. The van der Waals surface area contributed by atoms with E-state index in [1.165, 1.54) is 5.56 Å². The molecule has 1 rings (SSSR count). The first-order valence-electron chi connectivity index (χ1n) is 7.29. The Kier molecular flexibility index (Phi) is 6.23. The summed E-state index contributed by atoms with van der Waals surface area (Å²) in [6.07, 6.45) is 2.29. The van der Waals surface area contributed by atoms with Gasteiger partial charge in [0, 0.05) is 11.6 Å². The third-order valence-electron chi connectivity index (χ3n) is 3.75. The summed E-state index contributed by atoms with van der Waals surface area (Å²) in [7, 11) is 2.03. The van der Waals surface area contributed by atoms with E-state index in [2.05, 4.69) is 44.7 Å². The van der Waals surface area contributed by atoms with Gasteiger partial charge < -0.3 is 0 Å². The van der Waals surface area contributed by atoms with Crippen molar-refractivity contribution < 1.29 is 4.79 Å². The van der Waals surface area contributed by atoms with Gasteiger partial charge in [0.25, 0.3) is 0 Å². The lowest BCUT2D eigenvalue weighted by Gasteiger charge is -2.23. The van der Waals surface area contributed by atoms with Gasteiger partial charge in [-0.1, -0.05) is 51.5 Å². The van der Waals surface area contributed by atoms with Crippen LogP contribution >= 0.6 is 0 Å². The van der Waals surface area contributed by atoms with Crippen molar-refractivity contribution in [1.29, 1.82) is 0 Å². The summed E-state index contributed by atoms with van der Waals surface area (Å²) in [5.41, 5.74) is 2.10. The highest BCUT2D eigenvalue weighted by atomic mass is 16.1. The van der Waals surface area contributed by atoms with Crippen LogP contribution in [-0.2, 0) is 0 Å². The lowest BCUT2D eigenvalue weighted by Crippen LogP contribution is -2.33. The van der Waals surface area contributed by atoms with Crippen LogP contribution in [0.5, 0.6) is 0 Å². The van der Waals surface area contributed by atoms with E-state index < -0.39 is 0 Å². The third-order valence-corrected chi connectivity index (χ3v) is 3.75. The fourth-order valence-electron chi connectivity index (χ4n) is 2.17. The van der Waals surface area contributed by atoms with Gasteiger partial charge in [-0.2, -0.15) is 0 Å². The number of carbonyl (C=O) groups is 1. The maximum absolute atomic E-state index is 12.2. The first-order chi connectivity index (χ1) is 8.95. The van der Waals surface area contributed by atoms with Gasteiger partial charge in [-0.3, -0.25) is 9.69 Å². The zero-order chi connectivity index (χ0) is 14.4. The molecule has 1 unspecified atom stereocenters. The van der Waals surface area contributed by atoms with E-state index in [0.29, 0.717) is 18.5 Å². The molecule has 2 nitrogen and oxygen atoms in total. The summed E-state index contributed by atoms with van der Waals surface area (Å²) in [5, 5.41) is 0. The Labute approximate surface area is 117 Å². The van der Waals surface area contributed by atoms with Crippen LogP contribution in [-0.4, -0.2) is 30.3 Å². The molecule has 0 radical (unpaired) electrons. The van der Waals surface area contributed by atoms with Crippen LogP contribution in [0.4, 0.5) is 0 Å². The van der Waals surface area contributed by atoms with Gasteiger partial charge in [0.2, 0.25) is 0 Å². The monoisotopic (exact) mass is 261 g/mol. The van der Waals surface area contributed by atoms with E-state index in [-0.39, 0.29) is 5.78 Å². The van der Waals surface area contributed by atoms with Gasteiger partial charge in [-0.05, 0) is 31.9 Å². The summed E-state index contributed by atoms with van der Waals surface area (Å²) in [4.78, 5) is 14.3. The molecule has 0 aliphatic heterocycles. The van der Waals surface area contributed by atoms with Crippen LogP contribution in [0, 0.1) is 0 Å². The Morgan fingerprint density at radius 2 is 1.74 bits per heavy atom. The molecule has 2 heteroatoms. The molecule has 1 aromatic rings. The van der Waals surface area contributed by atoms with Crippen molar-refractivity contribution in [2.24, 2.45) is 0 Å². The van der Waals surface area contributed by atoms with Gasteiger partial charge in [0.15, 0.2) is 5.78 Å². The number of rotatable bonds is 7. The number of hydrogen-bond donors (Lipinski definition) is 0. The molecule has 0 spiro atoms. The normalized spacial score (nSPS) is 13.0. The zero-order valence-electron chi connectivity index (χ0n) is 12.9. The Bertz CT molecular complexity index is 394. The molecule has 0 saturated heterocycles. The second kappa shape index (κ2) is 7.44. The number of nitrogens with zero attached hydrogens (tertiary/aromatic N) is 1. The predicted octanol–water partition coefficient (Wildman–Crippen LogP) is 4.11. The minimum Gasteiger partial charge on any atom is -0.296 e. The molecule has 0 heterocycles. The van der Waals surface area contributed by atoms with Crippen molar-refractivity contribution in [3.05, 3.63) is 35.4 Å². The molecule has 0 N–H and O–H groups in total. The zero-order valence-corrected chi connectivity index (χ0v) is 12.9. The second-order valence-electron chi connectivity index (χ2n) is 5.75. The standard InChI is InChI=1S/C17H27NO/c1-6-7-14(4)18(5)12-17(19)16-10-8-15(9-11-16)13(2)3/h8-11,13-14H,6-7,12H2,1-5H3. The van der Waals surface area contributed by atoms with Gasteiger partial charge in [0.1, 0.15) is 0 Å². The molecule has 0 fully saturated rings. The van der Waals surface area contributed by atoms with Crippen LogP contribution in [0.15, 0.2) is 24.3 Å². The molecule has 0 saturated carbocycles. The minimum absolute atomic E-state index is 0.209. The van der Waals surface area contributed by atoms with Crippen molar-refractivity contribution in [3.63, 3.8) is 0 Å². The number of Topliss-reactive ketones (excluding diaryl/α,β-unsaturated/α-hetero) is 1.